The summed E-state index contributed by atoms with van der Waals surface area (Å²) in [5.41, 5.74) is 0. The number of carbonyl (C=O) groups is 1. The third kappa shape index (κ3) is 6.60. The molecule has 2 nitrogen and oxygen atoms in total. The minimum absolute atomic E-state index is 0. The van der Waals surface area contributed by atoms with Gasteiger partial charge in [0.05, 0.1) is 0 Å². The first-order valence-corrected chi connectivity index (χ1v) is 2.09. The van der Waals surface area contributed by atoms with Crippen LogP contribution in [0, 0.1) is 13.5 Å². The van der Waals surface area contributed by atoms with E-state index in [0.29, 0.717) is 6.54 Å². The average molecular weight is 188 g/mol. The van der Waals surface area contributed by atoms with Crippen molar-refractivity contribution in [2.45, 2.75) is 0 Å². The quantitative estimate of drug-likeness (QED) is 0.462. The topological polar surface area (TPSA) is 20.3 Å². The van der Waals surface area contributed by atoms with Crippen LogP contribution in [-0.4, -0.2) is 24.8 Å². The molecule has 8 heavy (non-hydrogen) atoms. The molecule has 0 saturated heterocycles. The van der Waals surface area contributed by atoms with Gasteiger partial charge in [0.1, 0.15) is 0 Å². The van der Waals surface area contributed by atoms with Gasteiger partial charge in [0.2, 0.25) is 0 Å². The standard InChI is InChI=1S/C5H9NO.Y/c1-3-6(2)4-5-7;/h4-5H,1,3H2,2H3;/q-2;. The molecule has 0 unspecified atom stereocenters. The predicted molar refractivity (Wildman–Crippen MR) is 28.4 cm³/mol. The zero-order valence-electron chi connectivity index (χ0n) is 5.00. The smallest absolute Gasteiger partial charge is 0 e. The molecule has 0 aliphatic carbocycles. The second-order valence-corrected chi connectivity index (χ2v) is 1.27. The van der Waals surface area contributed by atoms with E-state index >= 15 is 0 Å². The van der Waals surface area contributed by atoms with Gasteiger partial charge in [-0.05, 0) is 13.3 Å². The summed E-state index contributed by atoms with van der Waals surface area (Å²) in [6.07, 6.45) is 0.741. The van der Waals surface area contributed by atoms with Crippen molar-refractivity contribution < 1.29 is 37.5 Å². The summed E-state index contributed by atoms with van der Waals surface area (Å²) < 4.78 is 0. The zero-order valence-corrected chi connectivity index (χ0v) is 7.84. The van der Waals surface area contributed by atoms with Crippen LogP contribution in [0.2, 0.25) is 0 Å². The van der Waals surface area contributed by atoms with Gasteiger partial charge in [-0.25, -0.2) is 0 Å². The van der Waals surface area contributed by atoms with Gasteiger partial charge >= 0.3 is 0 Å². The first kappa shape index (κ1) is 11.4. The van der Waals surface area contributed by atoms with E-state index in [-0.39, 0.29) is 32.7 Å². The number of carbonyl (C=O) groups excluding carboxylic acids is 1. The van der Waals surface area contributed by atoms with Gasteiger partial charge in [0, 0.05) is 32.7 Å². The van der Waals surface area contributed by atoms with Gasteiger partial charge in [-0.2, -0.15) is 6.54 Å². The monoisotopic (exact) mass is 188 g/mol. The van der Waals surface area contributed by atoms with Crippen molar-refractivity contribution in [3.8, 4) is 0 Å². The number of aldehydes is 1. The molecule has 0 fully saturated rings. The fourth-order valence-corrected chi connectivity index (χ4v) is 0.178. The largest absolute Gasteiger partial charge is 0.463 e. The Kier molecular flexibility index (Phi) is 10.8. The molecule has 1 radical (unpaired) electrons. The van der Waals surface area contributed by atoms with Crippen molar-refractivity contribution in [3.63, 3.8) is 0 Å². The second-order valence-electron chi connectivity index (χ2n) is 1.27. The molecule has 0 saturated carbocycles. The number of rotatable bonds is 3. The Balaban J connectivity index is 0. The van der Waals surface area contributed by atoms with E-state index in [9.17, 15) is 4.79 Å². The summed E-state index contributed by atoms with van der Waals surface area (Å²) in [6, 6.07) is 0. The fraction of sp³-hybridized carbons (Fsp3) is 0.400. The van der Waals surface area contributed by atoms with Crippen LogP contribution in [-0.2, 0) is 37.5 Å². The van der Waals surface area contributed by atoms with Gasteiger partial charge in [-0.3, -0.25) is 6.54 Å². The van der Waals surface area contributed by atoms with E-state index in [2.05, 4.69) is 6.92 Å². The average Bonchev–Trinajstić information content (AvgIpc) is 1.68. The Bertz CT molecular complexity index is 58.4. The molecule has 0 aromatic rings. The molecule has 0 aromatic carbocycles. The number of nitrogens with zero attached hydrogens (tertiary/aromatic N) is 1. The van der Waals surface area contributed by atoms with Crippen LogP contribution in [0.25, 0.3) is 0 Å². The molecule has 0 rings (SSSR count). The molecule has 0 aromatic heterocycles. The molecule has 0 bridgehead atoms. The van der Waals surface area contributed by atoms with E-state index < -0.39 is 0 Å². The third-order valence-corrected chi connectivity index (χ3v) is 0.668. The summed E-state index contributed by atoms with van der Waals surface area (Å²) >= 11 is 0. The maximum Gasteiger partial charge on any atom is 0 e. The van der Waals surface area contributed by atoms with E-state index in [0.717, 1.165) is 6.29 Å². The molecular formula is C5H9NOY-2. The summed E-state index contributed by atoms with van der Waals surface area (Å²) in [5, 5.41) is 0. The summed E-state index contributed by atoms with van der Waals surface area (Å²) in [6.45, 7) is 5.62. The van der Waals surface area contributed by atoms with Crippen LogP contribution < -0.4 is 0 Å². The number of hydrogen-bond donors (Lipinski definition) is 0. The maximum absolute atomic E-state index is 9.65. The predicted octanol–water partition coefficient (Wildman–Crippen LogP) is 0.110. The second kappa shape index (κ2) is 7.60. The molecule has 45 valence electrons. The Morgan fingerprint density at radius 1 is 1.88 bits per heavy atom. The normalized spacial score (nSPS) is 7.88. The van der Waals surface area contributed by atoms with Crippen LogP contribution in [0.4, 0.5) is 0 Å². The number of likely N-dealkylation sites (N-methyl/N-ethyl adjacent to an activating group) is 1. The van der Waals surface area contributed by atoms with E-state index in [1.165, 1.54) is 6.54 Å². The maximum atomic E-state index is 9.65. The Labute approximate surface area is 75.5 Å². The Morgan fingerprint density at radius 3 is 2.50 bits per heavy atom. The minimum Gasteiger partial charge on any atom is -0.463 e. The van der Waals surface area contributed by atoms with Crippen LogP contribution in [0.15, 0.2) is 0 Å². The Morgan fingerprint density at radius 2 is 2.38 bits per heavy atom. The van der Waals surface area contributed by atoms with Crippen molar-refractivity contribution in [2.75, 3.05) is 13.6 Å². The van der Waals surface area contributed by atoms with E-state index in [4.69, 9.17) is 0 Å². The summed E-state index contributed by atoms with van der Waals surface area (Å²) in [5.74, 6) is 0. The third-order valence-electron chi connectivity index (χ3n) is 0.668. The van der Waals surface area contributed by atoms with Crippen molar-refractivity contribution in [3.05, 3.63) is 13.5 Å². The van der Waals surface area contributed by atoms with Crippen LogP contribution >= 0.6 is 0 Å². The molecule has 0 N–H and O–H groups in total. The van der Waals surface area contributed by atoms with E-state index in [1.54, 1.807) is 11.9 Å². The van der Waals surface area contributed by atoms with Crippen LogP contribution in [0.3, 0.4) is 0 Å². The van der Waals surface area contributed by atoms with Gasteiger partial charge in [-0.1, -0.05) is 0 Å². The first-order valence-electron chi connectivity index (χ1n) is 2.09. The van der Waals surface area contributed by atoms with Crippen molar-refractivity contribution >= 4 is 6.29 Å². The molecule has 0 aliphatic heterocycles. The van der Waals surface area contributed by atoms with Crippen molar-refractivity contribution in [2.24, 2.45) is 0 Å². The molecule has 0 amide bonds. The molecule has 3 heteroatoms. The van der Waals surface area contributed by atoms with E-state index in [1.807, 2.05) is 0 Å². The van der Waals surface area contributed by atoms with Gasteiger partial charge in [0.25, 0.3) is 0 Å². The first-order chi connectivity index (χ1) is 3.31. The van der Waals surface area contributed by atoms with Crippen molar-refractivity contribution in [1.29, 1.82) is 0 Å². The van der Waals surface area contributed by atoms with Gasteiger partial charge < -0.3 is 16.6 Å². The number of hydrogen-bond acceptors (Lipinski definition) is 2. The SMILES string of the molecule is [CH2-]CN(C)[CH-]C=O.[Y]. The van der Waals surface area contributed by atoms with Crippen LogP contribution in [0.1, 0.15) is 0 Å². The van der Waals surface area contributed by atoms with Gasteiger partial charge in [-0.15, -0.1) is 0 Å². The molecule has 0 heterocycles. The summed E-state index contributed by atoms with van der Waals surface area (Å²) in [7, 11) is 1.79. The molecule has 0 aliphatic rings. The molecule has 0 atom stereocenters. The fourth-order valence-electron chi connectivity index (χ4n) is 0.178. The minimum atomic E-state index is 0. The van der Waals surface area contributed by atoms with Gasteiger partial charge in [0.15, 0.2) is 0 Å². The zero-order chi connectivity index (χ0) is 5.70. The van der Waals surface area contributed by atoms with Crippen molar-refractivity contribution in [1.82, 2.24) is 4.90 Å². The molecular weight excluding hydrogens is 179 g/mol. The summed E-state index contributed by atoms with van der Waals surface area (Å²) in [4.78, 5) is 11.4. The Hall–Kier alpha value is 0.604. The van der Waals surface area contributed by atoms with Crippen LogP contribution in [0.5, 0.6) is 0 Å². The molecule has 0 spiro atoms.